The van der Waals surface area contributed by atoms with Crippen LogP contribution in [0.4, 0.5) is 0 Å². The van der Waals surface area contributed by atoms with E-state index in [1.807, 2.05) is 30.3 Å². The van der Waals surface area contributed by atoms with Crippen LogP contribution in [-0.2, 0) is 4.79 Å². The molecule has 0 spiro atoms. The molecule has 18 heavy (non-hydrogen) atoms. The van der Waals surface area contributed by atoms with Crippen molar-refractivity contribution < 1.29 is 4.79 Å². The summed E-state index contributed by atoms with van der Waals surface area (Å²) >= 11 is 0. The molecule has 0 fully saturated rings. The molecule has 0 amide bonds. The van der Waals surface area contributed by atoms with Crippen molar-refractivity contribution in [3.8, 4) is 0 Å². The predicted molar refractivity (Wildman–Crippen MR) is 76.2 cm³/mol. The Labute approximate surface area is 111 Å². The Hall–Kier alpha value is -1.15. The van der Waals surface area contributed by atoms with Gasteiger partial charge in [0.05, 0.1) is 0 Å². The van der Waals surface area contributed by atoms with Gasteiger partial charge in [-0.3, -0.25) is 4.79 Å². The second-order valence-electron chi connectivity index (χ2n) is 5.70. The first-order chi connectivity index (χ1) is 8.49. The molecule has 2 N–H and O–H groups in total. The quantitative estimate of drug-likeness (QED) is 0.798. The molecule has 0 aliphatic heterocycles. The molecule has 0 saturated carbocycles. The van der Waals surface area contributed by atoms with Crippen molar-refractivity contribution in [3.05, 3.63) is 35.9 Å². The first kappa shape index (κ1) is 14.9. The van der Waals surface area contributed by atoms with Crippen LogP contribution in [0, 0.1) is 11.8 Å². The van der Waals surface area contributed by atoms with Crippen molar-refractivity contribution in [2.45, 2.75) is 46.1 Å². The molecule has 100 valence electrons. The Bertz CT molecular complexity index is 359. The summed E-state index contributed by atoms with van der Waals surface area (Å²) in [7, 11) is 0. The Morgan fingerprint density at radius 1 is 1.11 bits per heavy atom. The molecule has 0 aliphatic carbocycles. The van der Waals surface area contributed by atoms with E-state index >= 15 is 0 Å². The number of carbonyl (C=O) groups is 1. The highest BCUT2D eigenvalue weighted by molar-refractivity contribution is 5.79. The lowest BCUT2D eigenvalue weighted by atomic mass is 9.91. The standard InChI is InChI=1S/C16H25NO/c1-12(2)9-13(3)10-15(18)11-16(17)14-7-5-4-6-8-14/h4-8,12-13,16H,9-11,17H2,1-3H3. The maximum atomic E-state index is 11.9. The van der Waals surface area contributed by atoms with Gasteiger partial charge in [-0.15, -0.1) is 0 Å². The third kappa shape index (κ3) is 5.46. The van der Waals surface area contributed by atoms with E-state index < -0.39 is 0 Å². The highest BCUT2D eigenvalue weighted by Gasteiger charge is 2.15. The summed E-state index contributed by atoms with van der Waals surface area (Å²) in [6, 6.07) is 9.68. The SMILES string of the molecule is CC(C)CC(C)CC(=O)CC(N)c1ccccc1. The number of benzene rings is 1. The highest BCUT2D eigenvalue weighted by Crippen LogP contribution is 2.19. The second kappa shape index (κ2) is 7.32. The minimum absolute atomic E-state index is 0.162. The monoisotopic (exact) mass is 247 g/mol. The van der Waals surface area contributed by atoms with Gasteiger partial charge < -0.3 is 5.73 Å². The molecular weight excluding hydrogens is 222 g/mol. The number of nitrogens with two attached hydrogens (primary N) is 1. The van der Waals surface area contributed by atoms with Gasteiger partial charge in [-0.25, -0.2) is 0 Å². The molecule has 2 heteroatoms. The molecule has 0 aliphatic rings. The molecule has 1 rings (SSSR count). The van der Waals surface area contributed by atoms with Crippen LogP contribution in [0.2, 0.25) is 0 Å². The van der Waals surface area contributed by atoms with Crippen LogP contribution >= 0.6 is 0 Å². The number of rotatable bonds is 7. The number of hydrogen-bond acceptors (Lipinski definition) is 2. The summed E-state index contributed by atoms with van der Waals surface area (Å²) in [6.45, 7) is 6.53. The van der Waals surface area contributed by atoms with Gasteiger partial charge >= 0.3 is 0 Å². The van der Waals surface area contributed by atoms with Crippen molar-refractivity contribution >= 4 is 5.78 Å². The van der Waals surface area contributed by atoms with Gasteiger partial charge in [0.1, 0.15) is 5.78 Å². The van der Waals surface area contributed by atoms with Crippen molar-refractivity contribution in [2.24, 2.45) is 17.6 Å². The van der Waals surface area contributed by atoms with E-state index in [0.717, 1.165) is 12.0 Å². The second-order valence-corrected chi connectivity index (χ2v) is 5.70. The summed E-state index contributed by atoms with van der Waals surface area (Å²) in [6.07, 6.45) is 2.21. The molecule has 0 heterocycles. The third-order valence-electron chi connectivity index (χ3n) is 3.13. The number of Topliss-reactive ketones (excluding diaryl/α,β-unsaturated/α-hetero) is 1. The van der Waals surface area contributed by atoms with E-state index in [1.54, 1.807) is 0 Å². The van der Waals surface area contributed by atoms with Crippen LogP contribution in [0.25, 0.3) is 0 Å². The van der Waals surface area contributed by atoms with Crippen LogP contribution in [0.3, 0.4) is 0 Å². The third-order valence-corrected chi connectivity index (χ3v) is 3.13. The lowest BCUT2D eigenvalue weighted by Gasteiger charge is -2.15. The number of hydrogen-bond donors (Lipinski definition) is 1. The van der Waals surface area contributed by atoms with E-state index in [-0.39, 0.29) is 11.8 Å². The van der Waals surface area contributed by atoms with E-state index in [4.69, 9.17) is 5.73 Å². The average molecular weight is 247 g/mol. The van der Waals surface area contributed by atoms with Gasteiger partial charge in [-0.2, -0.15) is 0 Å². The number of ketones is 1. The molecule has 2 atom stereocenters. The summed E-state index contributed by atoms with van der Waals surface area (Å²) in [5, 5.41) is 0. The normalized spacial score (nSPS) is 14.5. The zero-order valence-electron chi connectivity index (χ0n) is 11.7. The van der Waals surface area contributed by atoms with Crippen LogP contribution in [0.5, 0.6) is 0 Å². The Morgan fingerprint density at radius 3 is 2.28 bits per heavy atom. The van der Waals surface area contributed by atoms with Crippen LogP contribution in [0.15, 0.2) is 30.3 Å². The smallest absolute Gasteiger partial charge is 0.135 e. The van der Waals surface area contributed by atoms with Crippen molar-refractivity contribution in [2.75, 3.05) is 0 Å². The lowest BCUT2D eigenvalue weighted by molar-refractivity contribution is -0.120. The Balaban J connectivity index is 2.41. The first-order valence-electron chi connectivity index (χ1n) is 6.81. The molecule has 0 saturated heterocycles. The molecule has 1 aromatic rings. The zero-order chi connectivity index (χ0) is 13.5. The summed E-state index contributed by atoms with van der Waals surface area (Å²) in [5.41, 5.74) is 7.10. The molecule has 0 radical (unpaired) electrons. The maximum absolute atomic E-state index is 11.9. The average Bonchev–Trinajstić information content (AvgIpc) is 2.28. The molecular formula is C16H25NO. The van der Waals surface area contributed by atoms with E-state index in [0.29, 0.717) is 24.7 Å². The number of carbonyl (C=O) groups excluding carboxylic acids is 1. The van der Waals surface area contributed by atoms with Crippen LogP contribution in [-0.4, -0.2) is 5.78 Å². The molecule has 1 aromatic carbocycles. The Kier molecular flexibility index (Phi) is 6.06. The molecule has 2 unspecified atom stereocenters. The summed E-state index contributed by atoms with van der Waals surface area (Å²) in [4.78, 5) is 11.9. The lowest BCUT2D eigenvalue weighted by Crippen LogP contribution is -2.17. The van der Waals surface area contributed by atoms with Crippen LogP contribution in [0.1, 0.15) is 51.6 Å². The van der Waals surface area contributed by atoms with Crippen molar-refractivity contribution in [1.82, 2.24) is 0 Å². The van der Waals surface area contributed by atoms with Gasteiger partial charge in [0, 0.05) is 18.9 Å². The van der Waals surface area contributed by atoms with E-state index in [1.165, 1.54) is 0 Å². The topological polar surface area (TPSA) is 43.1 Å². The van der Waals surface area contributed by atoms with Gasteiger partial charge in [0.2, 0.25) is 0 Å². The maximum Gasteiger partial charge on any atom is 0.135 e. The molecule has 0 bridgehead atoms. The van der Waals surface area contributed by atoms with Crippen molar-refractivity contribution in [1.29, 1.82) is 0 Å². The van der Waals surface area contributed by atoms with E-state index in [9.17, 15) is 4.79 Å². The van der Waals surface area contributed by atoms with Crippen LogP contribution < -0.4 is 5.73 Å². The predicted octanol–water partition coefficient (Wildman–Crippen LogP) is 3.72. The summed E-state index contributed by atoms with van der Waals surface area (Å²) < 4.78 is 0. The van der Waals surface area contributed by atoms with Gasteiger partial charge in [-0.05, 0) is 23.8 Å². The molecule has 2 nitrogen and oxygen atoms in total. The highest BCUT2D eigenvalue weighted by atomic mass is 16.1. The fourth-order valence-electron chi connectivity index (χ4n) is 2.42. The summed E-state index contributed by atoms with van der Waals surface area (Å²) in [5.74, 6) is 1.38. The zero-order valence-corrected chi connectivity index (χ0v) is 11.7. The minimum Gasteiger partial charge on any atom is -0.324 e. The van der Waals surface area contributed by atoms with Gasteiger partial charge in [-0.1, -0.05) is 51.1 Å². The first-order valence-corrected chi connectivity index (χ1v) is 6.81. The van der Waals surface area contributed by atoms with E-state index in [2.05, 4.69) is 20.8 Å². The Morgan fingerprint density at radius 2 is 1.72 bits per heavy atom. The van der Waals surface area contributed by atoms with Crippen molar-refractivity contribution in [3.63, 3.8) is 0 Å². The molecule has 0 aromatic heterocycles. The fraction of sp³-hybridized carbons (Fsp3) is 0.562. The fourth-order valence-corrected chi connectivity index (χ4v) is 2.42. The minimum atomic E-state index is -0.162. The van der Waals surface area contributed by atoms with Gasteiger partial charge in [0.15, 0.2) is 0 Å². The van der Waals surface area contributed by atoms with Gasteiger partial charge in [0.25, 0.3) is 0 Å². The largest absolute Gasteiger partial charge is 0.324 e.